The summed E-state index contributed by atoms with van der Waals surface area (Å²) in [5.74, 6) is 1.58. The minimum Gasteiger partial charge on any atom is -0.376 e. The molecule has 3 nitrogen and oxygen atoms in total. The summed E-state index contributed by atoms with van der Waals surface area (Å²) in [6, 6.07) is 20.5. The van der Waals surface area contributed by atoms with E-state index in [9.17, 15) is 4.79 Å². The highest BCUT2D eigenvalue weighted by Gasteiger charge is 2.23. The van der Waals surface area contributed by atoms with Crippen molar-refractivity contribution in [1.82, 2.24) is 4.90 Å². The molecule has 2 aromatic rings. The number of carbonyl (C=O) groups is 1. The fourth-order valence-electron chi connectivity index (χ4n) is 3.28. The van der Waals surface area contributed by atoms with Crippen LogP contribution in [0.15, 0.2) is 65.6 Å². The van der Waals surface area contributed by atoms with Crippen molar-refractivity contribution in [2.24, 2.45) is 5.92 Å². The summed E-state index contributed by atoms with van der Waals surface area (Å²) in [7, 11) is 0. The zero-order valence-corrected chi connectivity index (χ0v) is 16.0. The van der Waals surface area contributed by atoms with Crippen molar-refractivity contribution in [3.05, 3.63) is 66.2 Å². The van der Waals surface area contributed by atoms with Gasteiger partial charge in [-0.3, -0.25) is 4.79 Å². The molecule has 4 heteroatoms. The number of thioether (sulfide) groups is 1. The summed E-state index contributed by atoms with van der Waals surface area (Å²) in [4.78, 5) is 15.8. The van der Waals surface area contributed by atoms with Crippen LogP contribution in [0.25, 0.3) is 0 Å². The lowest BCUT2D eigenvalue weighted by Gasteiger charge is -2.32. The lowest BCUT2D eigenvalue weighted by molar-refractivity contribution is -0.133. The van der Waals surface area contributed by atoms with Crippen molar-refractivity contribution in [3.63, 3.8) is 0 Å². The van der Waals surface area contributed by atoms with Crippen LogP contribution in [0.5, 0.6) is 0 Å². The fourth-order valence-corrected chi connectivity index (χ4v) is 4.14. The third-order valence-electron chi connectivity index (χ3n) is 4.66. The van der Waals surface area contributed by atoms with Gasteiger partial charge in [0, 0.05) is 30.2 Å². The first-order chi connectivity index (χ1) is 12.8. The molecule has 1 aliphatic heterocycles. The number of hydrogen-bond donors (Lipinski definition) is 0. The molecule has 0 aliphatic carbocycles. The first-order valence-corrected chi connectivity index (χ1v) is 10.4. The third kappa shape index (κ3) is 6.19. The minimum absolute atomic E-state index is 0.279. The fraction of sp³-hybridized carbons (Fsp3) is 0.409. The first-order valence-electron chi connectivity index (χ1n) is 9.38. The second kappa shape index (κ2) is 10.4. The van der Waals surface area contributed by atoms with E-state index < -0.39 is 0 Å². The number of ether oxygens (including phenoxy) is 1. The average molecular weight is 370 g/mol. The number of benzene rings is 2. The van der Waals surface area contributed by atoms with Gasteiger partial charge in [0.15, 0.2) is 0 Å². The Morgan fingerprint density at radius 1 is 1.08 bits per heavy atom. The standard InChI is InChI=1S/C22H27NO2S/c24-22(13-15-26-21-11-5-2-6-12-21)23-14-7-10-20(16-23)18-25-17-19-8-3-1-4-9-19/h1-6,8-9,11-12,20H,7,10,13-18H2. The quantitative estimate of drug-likeness (QED) is 0.636. The molecule has 0 spiro atoms. The molecule has 0 radical (unpaired) electrons. The summed E-state index contributed by atoms with van der Waals surface area (Å²) in [5, 5.41) is 0. The molecule has 26 heavy (non-hydrogen) atoms. The van der Waals surface area contributed by atoms with Gasteiger partial charge in [-0.25, -0.2) is 0 Å². The number of nitrogens with zero attached hydrogens (tertiary/aromatic N) is 1. The maximum Gasteiger partial charge on any atom is 0.223 e. The van der Waals surface area contributed by atoms with E-state index in [1.165, 1.54) is 10.5 Å². The Morgan fingerprint density at radius 2 is 1.81 bits per heavy atom. The molecule has 1 aliphatic rings. The summed E-state index contributed by atoms with van der Waals surface area (Å²) < 4.78 is 5.88. The molecule has 0 N–H and O–H groups in total. The van der Waals surface area contributed by atoms with Crippen molar-refractivity contribution < 1.29 is 9.53 Å². The maximum atomic E-state index is 12.5. The number of likely N-dealkylation sites (tertiary alicyclic amines) is 1. The van der Waals surface area contributed by atoms with Crippen molar-refractivity contribution in [1.29, 1.82) is 0 Å². The third-order valence-corrected chi connectivity index (χ3v) is 5.68. The highest BCUT2D eigenvalue weighted by Crippen LogP contribution is 2.21. The average Bonchev–Trinajstić information content (AvgIpc) is 2.70. The van der Waals surface area contributed by atoms with Crippen LogP contribution in [-0.2, 0) is 16.1 Å². The molecule has 1 fully saturated rings. The second-order valence-electron chi connectivity index (χ2n) is 6.76. The lowest BCUT2D eigenvalue weighted by atomic mass is 9.99. The molecule has 1 atom stereocenters. The molecule has 0 bridgehead atoms. The smallest absolute Gasteiger partial charge is 0.223 e. The van der Waals surface area contributed by atoms with E-state index in [2.05, 4.69) is 24.3 Å². The zero-order valence-electron chi connectivity index (χ0n) is 15.2. The van der Waals surface area contributed by atoms with Crippen molar-refractivity contribution in [2.75, 3.05) is 25.4 Å². The normalized spacial score (nSPS) is 17.2. The molecule has 1 heterocycles. The molecular weight excluding hydrogens is 342 g/mol. The molecule has 3 rings (SSSR count). The summed E-state index contributed by atoms with van der Waals surface area (Å²) in [5.41, 5.74) is 1.20. The van der Waals surface area contributed by atoms with Gasteiger partial charge in [-0.05, 0) is 36.5 Å². The van der Waals surface area contributed by atoms with E-state index in [4.69, 9.17) is 4.74 Å². The molecule has 1 amide bonds. The van der Waals surface area contributed by atoms with Gasteiger partial charge in [-0.2, -0.15) is 0 Å². The van der Waals surface area contributed by atoms with Crippen molar-refractivity contribution in [3.8, 4) is 0 Å². The molecule has 0 aromatic heterocycles. The van der Waals surface area contributed by atoms with Gasteiger partial charge in [-0.1, -0.05) is 48.5 Å². The van der Waals surface area contributed by atoms with E-state index in [0.29, 0.717) is 18.9 Å². The Labute approximate surface area is 160 Å². The Bertz CT molecular complexity index is 662. The number of carbonyl (C=O) groups excluding carboxylic acids is 1. The van der Waals surface area contributed by atoms with Crippen LogP contribution in [0.4, 0.5) is 0 Å². The van der Waals surface area contributed by atoms with Gasteiger partial charge in [0.05, 0.1) is 13.2 Å². The summed E-state index contributed by atoms with van der Waals surface area (Å²) in [6.45, 7) is 3.12. The van der Waals surface area contributed by atoms with Crippen LogP contribution in [0.2, 0.25) is 0 Å². The predicted molar refractivity (Wildman–Crippen MR) is 107 cm³/mol. The number of rotatable bonds is 8. The predicted octanol–water partition coefficient (Wildman–Crippen LogP) is 4.62. The van der Waals surface area contributed by atoms with Gasteiger partial charge in [0.1, 0.15) is 0 Å². The topological polar surface area (TPSA) is 29.5 Å². The highest BCUT2D eigenvalue weighted by atomic mass is 32.2. The highest BCUT2D eigenvalue weighted by molar-refractivity contribution is 7.99. The Kier molecular flexibility index (Phi) is 7.59. The van der Waals surface area contributed by atoms with Gasteiger partial charge >= 0.3 is 0 Å². The number of amides is 1. The van der Waals surface area contributed by atoms with E-state index in [-0.39, 0.29) is 5.91 Å². The second-order valence-corrected chi connectivity index (χ2v) is 7.93. The molecule has 1 unspecified atom stereocenters. The Balaban J connectivity index is 1.36. The number of piperidine rings is 1. The minimum atomic E-state index is 0.279. The molecule has 1 saturated heterocycles. The van der Waals surface area contributed by atoms with E-state index in [1.807, 2.05) is 41.3 Å². The molecule has 0 saturated carbocycles. The summed E-state index contributed by atoms with van der Waals surface area (Å²) >= 11 is 1.75. The van der Waals surface area contributed by atoms with Crippen LogP contribution in [0, 0.1) is 5.92 Å². The van der Waals surface area contributed by atoms with Crippen molar-refractivity contribution >= 4 is 17.7 Å². The molecule has 138 valence electrons. The van der Waals surface area contributed by atoms with Crippen LogP contribution >= 0.6 is 11.8 Å². The van der Waals surface area contributed by atoms with Gasteiger partial charge in [0.25, 0.3) is 0 Å². The zero-order chi connectivity index (χ0) is 18.0. The largest absolute Gasteiger partial charge is 0.376 e. The summed E-state index contributed by atoms with van der Waals surface area (Å²) in [6.07, 6.45) is 2.84. The molecular formula is C22H27NO2S. The van der Waals surface area contributed by atoms with Crippen molar-refractivity contribution in [2.45, 2.75) is 30.8 Å². The lowest BCUT2D eigenvalue weighted by Crippen LogP contribution is -2.41. The number of hydrogen-bond acceptors (Lipinski definition) is 3. The maximum absolute atomic E-state index is 12.5. The van der Waals surface area contributed by atoms with E-state index in [1.54, 1.807) is 11.8 Å². The SMILES string of the molecule is O=C(CCSc1ccccc1)N1CCCC(COCc2ccccc2)C1. The first kappa shape index (κ1) is 19.0. The van der Waals surface area contributed by atoms with Crippen LogP contribution in [-0.4, -0.2) is 36.3 Å². The monoisotopic (exact) mass is 369 g/mol. The van der Waals surface area contributed by atoms with Gasteiger partial charge in [-0.15, -0.1) is 11.8 Å². The van der Waals surface area contributed by atoms with E-state index >= 15 is 0 Å². The van der Waals surface area contributed by atoms with Gasteiger partial charge < -0.3 is 9.64 Å². The van der Waals surface area contributed by atoms with Gasteiger partial charge in [0.2, 0.25) is 5.91 Å². The van der Waals surface area contributed by atoms with Crippen LogP contribution in [0.1, 0.15) is 24.8 Å². The van der Waals surface area contributed by atoms with E-state index in [0.717, 1.165) is 38.3 Å². The Morgan fingerprint density at radius 3 is 2.58 bits per heavy atom. The van der Waals surface area contributed by atoms with Crippen LogP contribution in [0.3, 0.4) is 0 Å². The van der Waals surface area contributed by atoms with Crippen LogP contribution < -0.4 is 0 Å². The Hall–Kier alpha value is -1.78. The molecule has 2 aromatic carbocycles.